The van der Waals surface area contributed by atoms with Crippen molar-refractivity contribution in [2.75, 3.05) is 19.4 Å². The molecule has 0 spiro atoms. The first-order valence-electron chi connectivity index (χ1n) is 11.7. The van der Waals surface area contributed by atoms with E-state index in [0.29, 0.717) is 35.3 Å². The Hall–Kier alpha value is -2.25. The van der Waals surface area contributed by atoms with Gasteiger partial charge in [0.05, 0.1) is 36.5 Å². The number of benzene rings is 1. The molecule has 0 aliphatic rings. The number of hydrogen-bond donors (Lipinski definition) is 2. The molecule has 1 amide bonds. The molecule has 0 saturated carbocycles. The number of rotatable bonds is 16. The van der Waals surface area contributed by atoms with Crippen LogP contribution >= 0.6 is 11.8 Å². The third-order valence-corrected chi connectivity index (χ3v) is 6.33. The number of hydrogen-bond acceptors (Lipinski definition) is 6. The molecular weight excluding hydrogens is 436 g/mol. The molecule has 2 N–H and O–H groups in total. The number of ketones is 1. The van der Waals surface area contributed by atoms with Crippen LogP contribution in [0.25, 0.3) is 0 Å². The van der Waals surface area contributed by atoms with E-state index < -0.39 is 0 Å². The minimum absolute atomic E-state index is 0.0879. The van der Waals surface area contributed by atoms with Crippen LogP contribution in [0.2, 0.25) is 0 Å². The molecule has 33 heavy (non-hydrogen) atoms. The van der Waals surface area contributed by atoms with E-state index in [9.17, 15) is 9.59 Å². The van der Waals surface area contributed by atoms with E-state index in [0.717, 1.165) is 31.4 Å². The molecule has 0 fully saturated rings. The SMILES string of the molecule is CCCCC(NCC(CC(C)C)NC(=O)c1ccccc1OC)C(=O)CSCc1ccco1. The lowest BCUT2D eigenvalue weighted by molar-refractivity contribution is -0.118. The highest BCUT2D eigenvalue weighted by molar-refractivity contribution is 7.99. The molecule has 1 aromatic carbocycles. The van der Waals surface area contributed by atoms with Crippen LogP contribution in [0.3, 0.4) is 0 Å². The van der Waals surface area contributed by atoms with Gasteiger partial charge < -0.3 is 19.8 Å². The second kappa shape index (κ2) is 14.8. The van der Waals surface area contributed by atoms with Crippen molar-refractivity contribution in [1.82, 2.24) is 10.6 Å². The lowest BCUT2D eigenvalue weighted by atomic mass is 10.0. The second-order valence-corrected chi connectivity index (χ2v) is 9.63. The maximum atomic E-state index is 12.9. The summed E-state index contributed by atoms with van der Waals surface area (Å²) < 4.78 is 10.7. The third kappa shape index (κ3) is 9.64. The molecule has 2 atom stereocenters. The highest BCUT2D eigenvalue weighted by Gasteiger charge is 2.22. The van der Waals surface area contributed by atoms with Crippen LogP contribution in [0, 0.1) is 5.92 Å². The van der Waals surface area contributed by atoms with E-state index in [-0.39, 0.29) is 23.8 Å². The van der Waals surface area contributed by atoms with Gasteiger partial charge in [0.25, 0.3) is 5.91 Å². The molecule has 6 nitrogen and oxygen atoms in total. The van der Waals surface area contributed by atoms with Crippen LogP contribution in [0.15, 0.2) is 47.1 Å². The molecular formula is C26H38N2O4S. The summed E-state index contributed by atoms with van der Waals surface area (Å²) in [7, 11) is 1.56. The Balaban J connectivity index is 1.96. The Morgan fingerprint density at radius 1 is 1.15 bits per heavy atom. The molecule has 0 radical (unpaired) electrons. The predicted octanol–water partition coefficient (Wildman–Crippen LogP) is 5.08. The molecule has 0 aliphatic carbocycles. The van der Waals surface area contributed by atoms with Crippen LogP contribution in [0.5, 0.6) is 5.75 Å². The summed E-state index contributed by atoms with van der Waals surface area (Å²) in [6.45, 7) is 6.94. The van der Waals surface area contributed by atoms with Crippen molar-refractivity contribution in [3.8, 4) is 5.75 Å². The van der Waals surface area contributed by atoms with Crippen molar-refractivity contribution in [2.45, 2.75) is 64.3 Å². The minimum atomic E-state index is -0.216. The van der Waals surface area contributed by atoms with Gasteiger partial charge in [-0.25, -0.2) is 0 Å². The third-order valence-electron chi connectivity index (χ3n) is 5.36. The first-order chi connectivity index (χ1) is 15.9. The summed E-state index contributed by atoms with van der Waals surface area (Å²) in [5.41, 5.74) is 0.515. The van der Waals surface area contributed by atoms with Crippen molar-refractivity contribution in [3.63, 3.8) is 0 Å². The van der Waals surface area contributed by atoms with Gasteiger partial charge >= 0.3 is 0 Å². The molecule has 1 heterocycles. The number of unbranched alkanes of at least 4 members (excludes halogenated alkanes) is 1. The smallest absolute Gasteiger partial charge is 0.255 e. The van der Waals surface area contributed by atoms with Crippen LogP contribution in [-0.2, 0) is 10.5 Å². The molecule has 1 aromatic heterocycles. The Bertz CT molecular complexity index is 839. The van der Waals surface area contributed by atoms with Gasteiger partial charge in [0.15, 0.2) is 5.78 Å². The highest BCUT2D eigenvalue weighted by atomic mass is 32.2. The topological polar surface area (TPSA) is 80.6 Å². The van der Waals surface area contributed by atoms with Gasteiger partial charge in [-0.1, -0.05) is 45.7 Å². The molecule has 0 saturated heterocycles. The minimum Gasteiger partial charge on any atom is -0.496 e. The number of nitrogens with one attached hydrogen (secondary N) is 2. The maximum Gasteiger partial charge on any atom is 0.255 e. The number of amides is 1. The maximum absolute atomic E-state index is 12.9. The van der Waals surface area contributed by atoms with Gasteiger partial charge in [0, 0.05) is 12.6 Å². The van der Waals surface area contributed by atoms with Crippen LogP contribution in [-0.4, -0.2) is 43.2 Å². The standard InChI is InChI=1S/C26H38N2O4S/c1-5-6-12-23(24(29)18-33-17-21-10-9-14-32-21)27-16-20(15-19(2)3)28-26(30)22-11-7-8-13-25(22)31-4/h7-11,13-14,19-20,23,27H,5-6,12,15-18H2,1-4H3,(H,28,30). The fourth-order valence-electron chi connectivity index (χ4n) is 3.67. The summed E-state index contributed by atoms with van der Waals surface area (Å²) >= 11 is 1.57. The number of furan rings is 1. The zero-order valence-corrected chi connectivity index (χ0v) is 21.1. The number of thioether (sulfide) groups is 1. The number of Topliss-reactive ketones (excluding diaryl/α,β-unsaturated/α-hetero) is 1. The summed E-state index contributed by atoms with van der Waals surface area (Å²) in [5, 5.41) is 6.60. The fourth-order valence-corrected chi connectivity index (χ4v) is 4.54. The lowest BCUT2D eigenvalue weighted by Crippen LogP contribution is -2.48. The van der Waals surface area contributed by atoms with Crippen molar-refractivity contribution >= 4 is 23.5 Å². The second-order valence-electron chi connectivity index (χ2n) is 8.64. The van der Waals surface area contributed by atoms with E-state index >= 15 is 0 Å². The van der Waals surface area contributed by atoms with E-state index in [4.69, 9.17) is 9.15 Å². The van der Waals surface area contributed by atoms with Gasteiger partial charge in [-0.15, -0.1) is 11.8 Å². The van der Waals surface area contributed by atoms with Gasteiger partial charge in [-0.2, -0.15) is 0 Å². The number of carbonyl (C=O) groups is 2. The van der Waals surface area contributed by atoms with Crippen molar-refractivity contribution in [3.05, 3.63) is 54.0 Å². The summed E-state index contributed by atoms with van der Waals surface area (Å²) in [6, 6.07) is 10.7. The van der Waals surface area contributed by atoms with E-state index in [1.807, 2.05) is 24.3 Å². The Kier molecular flexibility index (Phi) is 12.1. The fraction of sp³-hybridized carbons (Fsp3) is 0.538. The van der Waals surface area contributed by atoms with Crippen molar-refractivity contribution in [1.29, 1.82) is 0 Å². The number of ether oxygens (including phenoxy) is 1. The molecule has 2 rings (SSSR count). The molecule has 2 aromatic rings. The molecule has 7 heteroatoms. The Morgan fingerprint density at radius 2 is 1.94 bits per heavy atom. The molecule has 182 valence electrons. The first-order valence-corrected chi connectivity index (χ1v) is 12.9. The van der Waals surface area contributed by atoms with E-state index in [1.54, 1.807) is 37.3 Å². The quantitative estimate of drug-likeness (QED) is 0.353. The van der Waals surface area contributed by atoms with Crippen LogP contribution in [0.1, 0.15) is 62.6 Å². The number of carbonyl (C=O) groups excluding carboxylic acids is 2. The van der Waals surface area contributed by atoms with E-state index in [2.05, 4.69) is 31.4 Å². The Labute approximate surface area is 202 Å². The number of methoxy groups -OCH3 is 1. The Morgan fingerprint density at radius 3 is 2.61 bits per heavy atom. The average molecular weight is 475 g/mol. The van der Waals surface area contributed by atoms with Gasteiger partial charge in [-0.3, -0.25) is 9.59 Å². The van der Waals surface area contributed by atoms with Gasteiger partial charge in [-0.05, 0) is 43.0 Å². The summed E-state index contributed by atoms with van der Waals surface area (Å²) in [5.74, 6) is 2.99. The number of para-hydroxylation sites is 1. The van der Waals surface area contributed by atoms with Crippen molar-refractivity contribution < 1.29 is 18.7 Å². The van der Waals surface area contributed by atoms with Gasteiger partial charge in [0.2, 0.25) is 0 Å². The van der Waals surface area contributed by atoms with Crippen LogP contribution in [0.4, 0.5) is 0 Å². The normalized spacial score (nSPS) is 13.0. The lowest BCUT2D eigenvalue weighted by Gasteiger charge is -2.25. The van der Waals surface area contributed by atoms with Gasteiger partial charge in [0.1, 0.15) is 11.5 Å². The largest absolute Gasteiger partial charge is 0.496 e. The molecule has 0 bridgehead atoms. The molecule has 2 unspecified atom stereocenters. The predicted molar refractivity (Wildman–Crippen MR) is 135 cm³/mol. The molecule has 0 aliphatic heterocycles. The summed E-state index contributed by atoms with van der Waals surface area (Å²) in [4.78, 5) is 25.8. The van der Waals surface area contributed by atoms with Crippen LogP contribution < -0.4 is 15.4 Å². The monoisotopic (exact) mass is 474 g/mol. The first kappa shape index (κ1) is 27.0. The highest BCUT2D eigenvalue weighted by Crippen LogP contribution is 2.18. The van der Waals surface area contributed by atoms with E-state index in [1.165, 1.54) is 0 Å². The zero-order valence-electron chi connectivity index (χ0n) is 20.3. The van der Waals surface area contributed by atoms with Crippen molar-refractivity contribution in [2.24, 2.45) is 5.92 Å². The average Bonchev–Trinajstić information content (AvgIpc) is 3.32. The zero-order chi connectivity index (χ0) is 24.1. The summed E-state index contributed by atoms with van der Waals surface area (Å²) in [6.07, 6.45) is 5.28.